The molecule has 4 rings (SSSR count). The number of aromatic amines is 1. The molecule has 2 N–H and O–H groups in total. The number of aromatic nitrogens is 2. The van der Waals surface area contributed by atoms with Crippen molar-refractivity contribution in [1.29, 1.82) is 0 Å². The van der Waals surface area contributed by atoms with Gasteiger partial charge >= 0.3 is 0 Å². The van der Waals surface area contributed by atoms with Crippen LogP contribution < -0.4 is 5.32 Å². The molecule has 5 heteroatoms. The molecule has 0 spiro atoms. The van der Waals surface area contributed by atoms with Gasteiger partial charge in [-0.05, 0) is 35.1 Å². The Morgan fingerprint density at radius 2 is 2.21 bits per heavy atom. The molecule has 0 radical (unpaired) electrons. The molecule has 1 aromatic carbocycles. The smallest absolute Gasteiger partial charge is 0.261 e. The third-order valence-corrected chi connectivity index (χ3v) is 4.70. The first-order valence-electron chi connectivity index (χ1n) is 6.16. The summed E-state index contributed by atoms with van der Waals surface area (Å²) >= 11 is 1.58. The fourth-order valence-corrected chi connectivity index (χ4v) is 3.70. The predicted octanol–water partition coefficient (Wildman–Crippen LogP) is 2.58. The number of carbonyl (C=O) groups excluding carboxylic acids is 1. The van der Waals surface area contributed by atoms with Crippen molar-refractivity contribution in [3.63, 3.8) is 0 Å². The maximum absolute atomic E-state index is 11.9. The van der Waals surface area contributed by atoms with Crippen molar-refractivity contribution >= 4 is 27.3 Å². The number of fused-ring (bicyclic) bond motifs is 3. The zero-order valence-electron chi connectivity index (χ0n) is 10.1. The van der Waals surface area contributed by atoms with Crippen molar-refractivity contribution in [3.05, 3.63) is 41.0 Å². The molecule has 0 atom stereocenters. The maximum Gasteiger partial charge on any atom is 0.261 e. The minimum Gasteiger partial charge on any atom is -0.351 e. The first kappa shape index (κ1) is 10.8. The highest BCUT2D eigenvalue weighted by Crippen LogP contribution is 2.35. The fraction of sp³-hybridized carbons (Fsp3) is 0.143. The third kappa shape index (κ3) is 1.58. The number of H-pyrrole nitrogens is 1. The van der Waals surface area contributed by atoms with Crippen LogP contribution in [0.5, 0.6) is 0 Å². The van der Waals surface area contributed by atoms with E-state index in [0.717, 1.165) is 29.0 Å². The van der Waals surface area contributed by atoms with Gasteiger partial charge in [0.25, 0.3) is 5.91 Å². The van der Waals surface area contributed by atoms with Crippen LogP contribution in [0.4, 0.5) is 0 Å². The summed E-state index contributed by atoms with van der Waals surface area (Å²) in [4.78, 5) is 12.7. The Bertz CT molecular complexity index is 773. The zero-order valence-corrected chi connectivity index (χ0v) is 10.9. The second kappa shape index (κ2) is 3.93. The van der Waals surface area contributed by atoms with Crippen LogP contribution >= 0.6 is 11.3 Å². The van der Waals surface area contributed by atoms with E-state index in [1.165, 1.54) is 15.6 Å². The van der Waals surface area contributed by atoms with Gasteiger partial charge < -0.3 is 5.32 Å². The number of nitrogens with zero attached hydrogens (tertiary/aromatic N) is 1. The highest BCUT2D eigenvalue weighted by atomic mass is 32.1. The van der Waals surface area contributed by atoms with Gasteiger partial charge in [0.1, 0.15) is 0 Å². The van der Waals surface area contributed by atoms with E-state index in [9.17, 15) is 4.79 Å². The van der Waals surface area contributed by atoms with Crippen LogP contribution in [0.3, 0.4) is 0 Å². The summed E-state index contributed by atoms with van der Waals surface area (Å²) in [7, 11) is 0. The molecule has 0 saturated heterocycles. The molecular formula is C14H11N3OS. The number of thiophene rings is 1. The van der Waals surface area contributed by atoms with Gasteiger partial charge in [0, 0.05) is 23.0 Å². The number of benzene rings is 1. The highest BCUT2D eigenvalue weighted by molar-refractivity contribution is 7.21. The third-order valence-electron chi connectivity index (χ3n) is 3.49. The SMILES string of the molecule is O=C1NCCc2c1sc1ccc(-c3cn[nH]c3)cc21. The van der Waals surface area contributed by atoms with Gasteiger partial charge in [-0.25, -0.2) is 0 Å². The number of carbonyl (C=O) groups is 1. The average molecular weight is 269 g/mol. The minimum atomic E-state index is 0.0623. The molecule has 19 heavy (non-hydrogen) atoms. The molecule has 0 saturated carbocycles. The van der Waals surface area contributed by atoms with Gasteiger partial charge in [-0.1, -0.05) is 6.07 Å². The maximum atomic E-state index is 11.9. The average Bonchev–Trinajstić information content (AvgIpc) is 3.05. The van der Waals surface area contributed by atoms with Gasteiger partial charge in [0.15, 0.2) is 0 Å². The lowest BCUT2D eigenvalue weighted by molar-refractivity contribution is 0.0951. The minimum absolute atomic E-state index is 0.0623. The molecule has 1 aliphatic rings. The topological polar surface area (TPSA) is 57.8 Å². The van der Waals surface area contributed by atoms with Crippen molar-refractivity contribution in [2.45, 2.75) is 6.42 Å². The van der Waals surface area contributed by atoms with Gasteiger partial charge in [0.05, 0.1) is 11.1 Å². The summed E-state index contributed by atoms with van der Waals surface area (Å²) in [5.41, 5.74) is 3.39. The van der Waals surface area contributed by atoms with E-state index in [0.29, 0.717) is 0 Å². The molecule has 0 fully saturated rings. The quantitative estimate of drug-likeness (QED) is 0.713. The summed E-state index contributed by atoms with van der Waals surface area (Å²) < 4.78 is 1.18. The number of amides is 1. The van der Waals surface area contributed by atoms with Gasteiger partial charge in [0.2, 0.25) is 0 Å². The molecule has 4 nitrogen and oxygen atoms in total. The molecule has 1 amide bonds. The molecule has 0 aliphatic carbocycles. The lowest BCUT2D eigenvalue weighted by Crippen LogP contribution is -2.30. The van der Waals surface area contributed by atoms with Crippen LogP contribution in [0, 0.1) is 0 Å². The Labute approximate surface area is 113 Å². The molecular weight excluding hydrogens is 258 g/mol. The molecule has 0 bridgehead atoms. The van der Waals surface area contributed by atoms with Crippen LogP contribution in [0.25, 0.3) is 21.2 Å². The molecule has 0 unspecified atom stereocenters. The van der Waals surface area contributed by atoms with Gasteiger partial charge in [-0.3, -0.25) is 9.89 Å². The van der Waals surface area contributed by atoms with E-state index < -0.39 is 0 Å². The summed E-state index contributed by atoms with van der Waals surface area (Å²) in [6.45, 7) is 0.730. The molecule has 2 aromatic heterocycles. The van der Waals surface area contributed by atoms with Crippen LogP contribution in [-0.2, 0) is 6.42 Å². The van der Waals surface area contributed by atoms with Crippen LogP contribution in [-0.4, -0.2) is 22.6 Å². The second-order valence-corrected chi connectivity index (χ2v) is 5.67. The van der Waals surface area contributed by atoms with Crippen LogP contribution in [0.2, 0.25) is 0 Å². The van der Waals surface area contributed by atoms with Crippen molar-refractivity contribution in [3.8, 4) is 11.1 Å². The Hall–Kier alpha value is -2.14. The van der Waals surface area contributed by atoms with Gasteiger partial charge in [-0.15, -0.1) is 11.3 Å². The van der Waals surface area contributed by atoms with Crippen molar-refractivity contribution in [2.75, 3.05) is 6.54 Å². The molecule has 3 heterocycles. The Balaban J connectivity index is 1.96. The predicted molar refractivity (Wildman–Crippen MR) is 75.4 cm³/mol. The monoisotopic (exact) mass is 269 g/mol. The normalized spacial score (nSPS) is 14.4. The van der Waals surface area contributed by atoms with Crippen molar-refractivity contribution in [2.24, 2.45) is 0 Å². The van der Waals surface area contributed by atoms with Crippen LogP contribution in [0.15, 0.2) is 30.6 Å². The summed E-state index contributed by atoms with van der Waals surface area (Å²) in [5.74, 6) is 0.0623. The van der Waals surface area contributed by atoms with E-state index >= 15 is 0 Å². The number of rotatable bonds is 1. The van der Waals surface area contributed by atoms with Gasteiger partial charge in [-0.2, -0.15) is 5.10 Å². The Morgan fingerprint density at radius 1 is 1.26 bits per heavy atom. The number of nitrogens with one attached hydrogen (secondary N) is 2. The molecule has 94 valence electrons. The fourth-order valence-electron chi connectivity index (χ4n) is 2.55. The van der Waals surface area contributed by atoms with Crippen molar-refractivity contribution in [1.82, 2.24) is 15.5 Å². The molecule has 3 aromatic rings. The van der Waals surface area contributed by atoms with Crippen LogP contribution in [0.1, 0.15) is 15.2 Å². The highest BCUT2D eigenvalue weighted by Gasteiger charge is 2.22. The first-order valence-corrected chi connectivity index (χ1v) is 6.97. The lowest BCUT2D eigenvalue weighted by atomic mass is 10.0. The number of hydrogen-bond acceptors (Lipinski definition) is 3. The van der Waals surface area contributed by atoms with E-state index in [1.54, 1.807) is 11.3 Å². The first-order chi connectivity index (χ1) is 9.33. The largest absolute Gasteiger partial charge is 0.351 e. The second-order valence-electron chi connectivity index (χ2n) is 4.61. The standard InChI is InChI=1S/C14H11N3OS/c18-14-13-10(3-4-15-14)11-5-8(1-2-12(11)19-13)9-6-16-17-7-9/h1-2,5-7H,3-4H2,(H,15,18)(H,16,17). The number of hydrogen-bond donors (Lipinski definition) is 2. The van der Waals surface area contributed by atoms with Crippen molar-refractivity contribution < 1.29 is 4.79 Å². The molecule has 1 aliphatic heterocycles. The summed E-state index contributed by atoms with van der Waals surface area (Å²) in [5, 5.41) is 10.9. The Morgan fingerprint density at radius 3 is 3.05 bits per heavy atom. The van der Waals surface area contributed by atoms with E-state index in [2.05, 4.69) is 33.7 Å². The van der Waals surface area contributed by atoms with E-state index in [1.807, 2.05) is 12.4 Å². The van der Waals surface area contributed by atoms with E-state index in [4.69, 9.17) is 0 Å². The summed E-state index contributed by atoms with van der Waals surface area (Å²) in [6, 6.07) is 6.33. The zero-order chi connectivity index (χ0) is 12.8. The lowest BCUT2D eigenvalue weighted by Gasteiger charge is -2.12. The van der Waals surface area contributed by atoms with E-state index in [-0.39, 0.29) is 5.91 Å². The Kier molecular flexibility index (Phi) is 2.22. The summed E-state index contributed by atoms with van der Waals surface area (Å²) in [6.07, 6.45) is 4.61.